The Bertz CT molecular complexity index is 930. The second-order valence-electron chi connectivity index (χ2n) is 5.34. The first-order valence-electron chi connectivity index (χ1n) is 7.76. The van der Waals surface area contributed by atoms with Crippen LogP contribution in [0.5, 0.6) is 11.5 Å². The number of carbonyl (C=O) groups is 1. The molecule has 0 spiro atoms. The lowest BCUT2D eigenvalue weighted by molar-refractivity contribution is 0.0954. The van der Waals surface area contributed by atoms with Crippen molar-refractivity contribution < 1.29 is 14.3 Å². The van der Waals surface area contributed by atoms with Gasteiger partial charge in [-0.3, -0.25) is 4.79 Å². The van der Waals surface area contributed by atoms with Gasteiger partial charge >= 0.3 is 0 Å². The highest BCUT2D eigenvalue weighted by molar-refractivity contribution is 6.00. The van der Waals surface area contributed by atoms with Crippen LogP contribution in [0.2, 0.25) is 0 Å². The SMILES string of the molecule is COc1ccc(C(=O)N/N=C\c2cccc3ccccc23)cc1OC. The van der Waals surface area contributed by atoms with Crippen LogP contribution in [-0.2, 0) is 0 Å². The summed E-state index contributed by atoms with van der Waals surface area (Å²) in [6, 6.07) is 18.9. The van der Waals surface area contributed by atoms with Crippen molar-refractivity contribution in [1.29, 1.82) is 0 Å². The number of rotatable bonds is 5. The first-order chi connectivity index (χ1) is 12.2. The summed E-state index contributed by atoms with van der Waals surface area (Å²) in [5, 5.41) is 6.27. The molecule has 0 saturated carbocycles. The highest BCUT2D eigenvalue weighted by atomic mass is 16.5. The zero-order valence-corrected chi connectivity index (χ0v) is 14.0. The Hall–Kier alpha value is -3.34. The summed E-state index contributed by atoms with van der Waals surface area (Å²) in [6.45, 7) is 0. The van der Waals surface area contributed by atoms with E-state index in [0.717, 1.165) is 16.3 Å². The van der Waals surface area contributed by atoms with Crippen LogP contribution in [0.1, 0.15) is 15.9 Å². The van der Waals surface area contributed by atoms with Crippen molar-refractivity contribution in [3.63, 3.8) is 0 Å². The molecule has 0 atom stereocenters. The fourth-order valence-corrected chi connectivity index (χ4v) is 2.57. The third kappa shape index (κ3) is 3.61. The molecule has 5 nitrogen and oxygen atoms in total. The summed E-state index contributed by atoms with van der Waals surface area (Å²) in [7, 11) is 3.07. The predicted octanol–water partition coefficient (Wildman–Crippen LogP) is 3.62. The van der Waals surface area contributed by atoms with Gasteiger partial charge in [-0.05, 0) is 29.0 Å². The molecule has 3 aromatic rings. The monoisotopic (exact) mass is 334 g/mol. The Labute approximate surface area is 145 Å². The highest BCUT2D eigenvalue weighted by Gasteiger charge is 2.10. The van der Waals surface area contributed by atoms with Crippen LogP contribution in [0, 0.1) is 0 Å². The van der Waals surface area contributed by atoms with Gasteiger partial charge in [0, 0.05) is 11.1 Å². The van der Waals surface area contributed by atoms with Crippen molar-refractivity contribution in [2.75, 3.05) is 14.2 Å². The van der Waals surface area contributed by atoms with E-state index in [-0.39, 0.29) is 5.91 Å². The normalized spacial score (nSPS) is 10.8. The van der Waals surface area contributed by atoms with Crippen molar-refractivity contribution in [2.45, 2.75) is 0 Å². The first-order valence-corrected chi connectivity index (χ1v) is 7.76. The predicted molar refractivity (Wildman–Crippen MR) is 98.6 cm³/mol. The zero-order valence-electron chi connectivity index (χ0n) is 14.0. The average molecular weight is 334 g/mol. The Balaban J connectivity index is 1.76. The minimum Gasteiger partial charge on any atom is -0.493 e. The van der Waals surface area contributed by atoms with E-state index >= 15 is 0 Å². The zero-order chi connectivity index (χ0) is 17.6. The van der Waals surface area contributed by atoms with E-state index in [1.165, 1.54) is 7.11 Å². The number of hydrogen-bond donors (Lipinski definition) is 1. The second kappa shape index (κ2) is 7.49. The van der Waals surface area contributed by atoms with E-state index in [0.29, 0.717) is 17.1 Å². The fraction of sp³-hybridized carbons (Fsp3) is 0.100. The van der Waals surface area contributed by atoms with Crippen molar-refractivity contribution >= 4 is 22.9 Å². The minimum absolute atomic E-state index is 0.322. The molecule has 0 radical (unpaired) electrons. The number of methoxy groups -OCH3 is 2. The molecule has 0 bridgehead atoms. The molecule has 0 aliphatic heterocycles. The molecule has 0 aliphatic rings. The van der Waals surface area contributed by atoms with Crippen LogP contribution in [-0.4, -0.2) is 26.3 Å². The summed E-state index contributed by atoms with van der Waals surface area (Å²) in [5.74, 6) is 0.740. The van der Waals surface area contributed by atoms with Crippen LogP contribution < -0.4 is 14.9 Å². The molecule has 1 amide bonds. The molecule has 126 valence electrons. The molecule has 0 aromatic heterocycles. The Kier molecular flexibility index (Phi) is 4.95. The van der Waals surface area contributed by atoms with Crippen LogP contribution in [0.3, 0.4) is 0 Å². The summed E-state index contributed by atoms with van der Waals surface area (Å²) < 4.78 is 10.4. The maximum Gasteiger partial charge on any atom is 0.271 e. The van der Waals surface area contributed by atoms with E-state index in [4.69, 9.17) is 9.47 Å². The van der Waals surface area contributed by atoms with Gasteiger partial charge < -0.3 is 9.47 Å². The van der Waals surface area contributed by atoms with E-state index in [2.05, 4.69) is 10.5 Å². The molecule has 0 fully saturated rings. The minimum atomic E-state index is -0.322. The van der Waals surface area contributed by atoms with Gasteiger partial charge in [-0.2, -0.15) is 5.10 Å². The van der Waals surface area contributed by atoms with Gasteiger partial charge in [0.25, 0.3) is 5.91 Å². The molecular formula is C20H18N2O3. The van der Waals surface area contributed by atoms with Gasteiger partial charge in [0.1, 0.15) is 0 Å². The van der Waals surface area contributed by atoms with Gasteiger partial charge in [0.2, 0.25) is 0 Å². The number of carbonyl (C=O) groups excluding carboxylic acids is 1. The smallest absolute Gasteiger partial charge is 0.271 e. The molecule has 0 unspecified atom stereocenters. The lowest BCUT2D eigenvalue weighted by Crippen LogP contribution is -2.17. The molecule has 0 aliphatic carbocycles. The summed E-state index contributed by atoms with van der Waals surface area (Å²) in [4.78, 5) is 12.2. The Morgan fingerprint density at radius 2 is 1.72 bits per heavy atom. The molecule has 3 aromatic carbocycles. The van der Waals surface area contributed by atoms with Gasteiger partial charge in [0.15, 0.2) is 11.5 Å². The third-order valence-electron chi connectivity index (χ3n) is 3.84. The third-order valence-corrected chi connectivity index (χ3v) is 3.84. The highest BCUT2D eigenvalue weighted by Crippen LogP contribution is 2.27. The maximum atomic E-state index is 12.2. The van der Waals surface area contributed by atoms with Crippen LogP contribution in [0.15, 0.2) is 65.8 Å². The van der Waals surface area contributed by atoms with Crippen LogP contribution >= 0.6 is 0 Å². The topological polar surface area (TPSA) is 59.9 Å². The van der Waals surface area contributed by atoms with Gasteiger partial charge in [-0.25, -0.2) is 5.43 Å². The summed E-state index contributed by atoms with van der Waals surface area (Å²) >= 11 is 0. The number of benzene rings is 3. The molecule has 25 heavy (non-hydrogen) atoms. The molecule has 0 saturated heterocycles. The number of hydrogen-bond acceptors (Lipinski definition) is 4. The fourth-order valence-electron chi connectivity index (χ4n) is 2.57. The number of nitrogens with zero attached hydrogens (tertiary/aromatic N) is 1. The van der Waals surface area contributed by atoms with Crippen molar-refractivity contribution in [1.82, 2.24) is 5.43 Å². The van der Waals surface area contributed by atoms with Gasteiger partial charge in [-0.15, -0.1) is 0 Å². The molecular weight excluding hydrogens is 316 g/mol. The average Bonchev–Trinajstić information content (AvgIpc) is 2.67. The lowest BCUT2D eigenvalue weighted by Gasteiger charge is -2.08. The molecule has 3 rings (SSSR count). The molecule has 5 heteroatoms. The number of hydrazone groups is 1. The Morgan fingerprint density at radius 1 is 0.960 bits per heavy atom. The quantitative estimate of drug-likeness (QED) is 0.573. The molecule has 1 N–H and O–H groups in total. The summed E-state index contributed by atoms with van der Waals surface area (Å²) in [5.41, 5.74) is 3.91. The van der Waals surface area contributed by atoms with E-state index in [1.54, 1.807) is 31.5 Å². The summed E-state index contributed by atoms with van der Waals surface area (Å²) in [6.07, 6.45) is 1.64. The van der Waals surface area contributed by atoms with Crippen LogP contribution in [0.25, 0.3) is 10.8 Å². The largest absolute Gasteiger partial charge is 0.493 e. The number of nitrogens with one attached hydrogen (secondary N) is 1. The standard InChI is InChI=1S/C20H18N2O3/c1-24-18-11-10-15(12-19(18)25-2)20(23)22-21-13-16-8-5-7-14-6-3-4-9-17(14)16/h3-13H,1-2H3,(H,22,23)/b21-13-. The number of ether oxygens (including phenoxy) is 2. The Morgan fingerprint density at radius 3 is 2.52 bits per heavy atom. The number of amides is 1. The van der Waals surface area contributed by atoms with Crippen molar-refractivity contribution in [2.24, 2.45) is 5.10 Å². The van der Waals surface area contributed by atoms with Gasteiger partial charge in [-0.1, -0.05) is 42.5 Å². The van der Waals surface area contributed by atoms with E-state index in [9.17, 15) is 4.79 Å². The van der Waals surface area contributed by atoms with E-state index < -0.39 is 0 Å². The second-order valence-corrected chi connectivity index (χ2v) is 5.34. The van der Waals surface area contributed by atoms with E-state index in [1.807, 2.05) is 42.5 Å². The van der Waals surface area contributed by atoms with Gasteiger partial charge in [0.05, 0.1) is 20.4 Å². The maximum absolute atomic E-state index is 12.2. The van der Waals surface area contributed by atoms with Crippen LogP contribution in [0.4, 0.5) is 0 Å². The lowest BCUT2D eigenvalue weighted by atomic mass is 10.1. The molecule has 0 heterocycles. The van der Waals surface area contributed by atoms with Crippen molar-refractivity contribution in [3.8, 4) is 11.5 Å². The first kappa shape index (κ1) is 16.5. The van der Waals surface area contributed by atoms with Crippen molar-refractivity contribution in [3.05, 3.63) is 71.8 Å². The number of fused-ring (bicyclic) bond motifs is 1.